The molecule has 0 radical (unpaired) electrons. The SMILES string of the molecule is CN1CCN2CCN(C(=O)C3CNNC3n3cnnn3)CC2C1=O. The summed E-state index contributed by atoms with van der Waals surface area (Å²) >= 11 is 0. The average Bonchev–Trinajstić information content (AvgIpc) is 3.28. The maximum absolute atomic E-state index is 13.0. The third-order valence-corrected chi connectivity index (χ3v) is 5.11. The normalized spacial score (nSPS) is 31.4. The van der Waals surface area contributed by atoms with Gasteiger partial charge in [0.25, 0.3) is 0 Å². The minimum absolute atomic E-state index is 0.0219. The van der Waals surface area contributed by atoms with Crippen molar-refractivity contribution >= 4 is 11.8 Å². The standard InChI is InChI=1S/C13H21N9O2/c1-19-2-3-20-4-5-21(7-10(20)13(19)24)12(23)9-6-14-16-11(9)22-8-15-17-18-22/h8-11,14,16H,2-7H2,1H3. The lowest BCUT2D eigenvalue weighted by Crippen LogP contribution is -2.65. The molecular formula is C13H21N9O2. The fourth-order valence-corrected chi connectivity index (χ4v) is 3.65. The average molecular weight is 335 g/mol. The van der Waals surface area contributed by atoms with Crippen molar-refractivity contribution in [2.24, 2.45) is 5.92 Å². The fraction of sp³-hybridized carbons (Fsp3) is 0.769. The van der Waals surface area contributed by atoms with E-state index in [2.05, 4.69) is 31.3 Å². The first-order valence-corrected chi connectivity index (χ1v) is 8.14. The second kappa shape index (κ2) is 6.07. The quantitative estimate of drug-likeness (QED) is 0.584. The van der Waals surface area contributed by atoms with E-state index in [-0.39, 0.29) is 29.9 Å². The number of piperazine rings is 2. The minimum Gasteiger partial charge on any atom is -0.343 e. The van der Waals surface area contributed by atoms with E-state index in [0.717, 1.165) is 19.6 Å². The maximum atomic E-state index is 13.0. The molecule has 4 heterocycles. The van der Waals surface area contributed by atoms with Crippen LogP contribution in [0.1, 0.15) is 6.17 Å². The van der Waals surface area contributed by atoms with Gasteiger partial charge < -0.3 is 9.80 Å². The summed E-state index contributed by atoms with van der Waals surface area (Å²) in [5.41, 5.74) is 6.04. The lowest BCUT2D eigenvalue weighted by molar-refractivity contribution is -0.149. The lowest BCUT2D eigenvalue weighted by Gasteiger charge is -2.46. The molecule has 2 amide bonds. The zero-order valence-corrected chi connectivity index (χ0v) is 13.5. The fourth-order valence-electron chi connectivity index (χ4n) is 3.65. The zero-order valence-electron chi connectivity index (χ0n) is 13.5. The van der Waals surface area contributed by atoms with Crippen LogP contribution in [0, 0.1) is 5.92 Å². The smallest absolute Gasteiger partial charge is 0.241 e. The number of carbonyl (C=O) groups is 2. The summed E-state index contributed by atoms with van der Waals surface area (Å²) in [6, 6.07) is -0.227. The van der Waals surface area contributed by atoms with Crippen LogP contribution in [-0.2, 0) is 9.59 Å². The third kappa shape index (κ3) is 2.54. The largest absolute Gasteiger partial charge is 0.343 e. The van der Waals surface area contributed by atoms with Crippen LogP contribution >= 0.6 is 0 Å². The molecule has 0 bridgehead atoms. The number of nitrogens with one attached hydrogen (secondary N) is 2. The molecule has 3 fully saturated rings. The van der Waals surface area contributed by atoms with Crippen molar-refractivity contribution in [1.29, 1.82) is 0 Å². The molecule has 3 aliphatic heterocycles. The van der Waals surface area contributed by atoms with Crippen LogP contribution in [0.25, 0.3) is 0 Å². The topological polar surface area (TPSA) is 112 Å². The Kier molecular flexibility index (Phi) is 3.90. The van der Waals surface area contributed by atoms with E-state index in [1.165, 1.54) is 6.33 Å². The van der Waals surface area contributed by atoms with Crippen molar-refractivity contribution < 1.29 is 9.59 Å². The molecule has 11 heteroatoms. The lowest BCUT2D eigenvalue weighted by atomic mass is 10.0. The van der Waals surface area contributed by atoms with Gasteiger partial charge in [-0.25, -0.2) is 10.1 Å². The number of carbonyl (C=O) groups excluding carboxylic acids is 2. The van der Waals surface area contributed by atoms with Gasteiger partial charge in [-0.3, -0.25) is 19.9 Å². The van der Waals surface area contributed by atoms with Crippen molar-refractivity contribution in [2.75, 3.05) is 46.3 Å². The van der Waals surface area contributed by atoms with Crippen LogP contribution in [-0.4, -0.2) is 99.1 Å². The van der Waals surface area contributed by atoms with Gasteiger partial charge in [0.1, 0.15) is 18.5 Å². The Balaban J connectivity index is 1.47. The molecule has 4 rings (SSSR count). The monoisotopic (exact) mass is 335 g/mol. The van der Waals surface area contributed by atoms with Crippen LogP contribution in [0.5, 0.6) is 0 Å². The predicted molar refractivity (Wildman–Crippen MR) is 81.1 cm³/mol. The summed E-state index contributed by atoms with van der Waals surface area (Å²) in [6.45, 7) is 3.95. The number of tetrazole rings is 1. The van der Waals surface area contributed by atoms with Crippen LogP contribution in [0.15, 0.2) is 6.33 Å². The molecule has 0 aromatic carbocycles. The number of hydrogen-bond acceptors (Lipinski definition) is 8. The highest BCUT2D eigenvalue weighted by atomic mass is 16.2. The molecule has 0 spiro atoms. The maximum Gasteiger partial charge on any atom is 0.241 e. The number of likely N-dealkylation sites (N-methyl/N-ethyl adjacent to an activating group) is 1. The van der Waals surface area contributed by atoms with Gasteiger partial charge in [0.2, 0.25) is 11.8 Å². The summed E-state index contributed by atoms with van der Waals surface area (Å²) in [7, 11) is 1.82. The van der Waals surface area contributed by atoms with E-state index in [0.29, 0.717) is 19.6 Å². The van der Waals surface area contributed by atoms with E-state index in [4.69, 9.17) is 0 Å². The number of amides is 2. The first-order valence-electron chi connectivity index (χ1n) is 8.14. The van der Waals surface area contributed by atoms with Gasteiger partial charge in [0.05, 0.1) is 5.92 Å². The summed E-state index contributed by atoms with van der Waals surface area (Å²) < 4.78 is 1.54. The number of nitrogens with zero attached hydrogens (tertiary/aromatic N) is 7. The van der Waals surface area contributed by atoms with Crippen LogP contribution in [0.2, 0.25) is 0 Å². The van der Waals surface area contributed by atoms with Crippen LogP contribution < -0.4 is 10.9 Å². The van der Waals surface area contributed by atoms with E-state index < -0.39 is 0 Å². The Hall–Kier alpha value is -2.11. The van der Waals surface area contributed by atoms with Crippen molar-refractivity contribution in [2.45, 2.75) is 12.2 Å². The highest BCUT2D eigenvalue weighted by molar-refractivity contribution is 5.85. The van der Waals surface area contributed by atoms with Crippen molar-refractivity contribution in [3.8, 4) is 0 Å². The van der Waals surface area contributed by atoms with E-state index in [1.807, 2.05) is 7.05 Å². The molecule has 1 aromatic heterocycles. The highest BCUT2D eigenvalue weighted by Gasteiger charge is 2.43. The Bertz CT molecular complexity index is 621. The van der Waals surface area contributed by atoms with Gasteiger partial charge in [-0.15, -0.1) is 5.10 Å². The molecule has 11 nitrogen and oxygen atoms in total. The number of fused-ring (bicyclic) bond motifs is 1. The second-order valence-electron chi connectivity index (χ2n) is 6.46. The molecule has 3 unspecified atom stereocenters. The van der Waals surface area contributed by atoms with Gasteiger partial charge in [0, 0.05) is 46.3 Å². The van der Waals surface area contributed by atoms with Crippen molar-refractivity contribution in [1.82, 2.24) is 45.8 Å². The molecule has 3 aliphatic rings. The Labute approximate surface area is 138 Å². The molecule has 0 aliphatic carbocycles. The van der Waals surface area contributed by atoms with Gasteiger partial charge in [-0.1, -0.05) is 0 Å². The Morgan fingerprint density at radius 3 is 2.92 bits per heavy atom. The van der Waals surface area contributed by atoms with Crippen molar-refractivity contribution in [3.05, 3.63) is 6.33 Å². The van der Waals surface area contributed by atoms with E-state index in [1.54, 1.807) is 14.5 Å². The number of aromatic nitrogens is 4. The third-order valence-electron chi connectivity index (χ3n) is 5.11. The molecule has 1 aromatic rings. The van der Waals surface area contributed by atoms with E-state index >= 15 is 0 Å². The van der Waals surface area contributed by atoms with Crippen LogP contribution in [0.3, 0.4) is 0 Å². The summed E-state index contributed by atoms with van der Waals surface area (Å²) in [5, 5.41) is 11.1. The minimum atomic E-state index is -0.324. The second-order valence-corrected chi connectivity index (χ2v) is 6.46. The predicted octanol–water partition coefficient (Wildman–Crippen LogP) is -3.12. The number of hydrazine groups is 1. The summed E-state index contributed by atoms with van der Waals surface area (Å²) in [4.78, 5) is 31.1. The molecule has 0 saturated carbocycles. The van der Waals surface area contributed by atoms with E-state index in [9.17, 15) is 9.59 Å². The molecular weight excluding hydrogens is 314 g/mol. The molecule has 130 valence electrons. The first kappa shape index (κ1) is 15.4. The molecule has 3 saturated heterocycles. The van der Waals surface area contributed by atoms with Gasteiger partial charge in [0.15, 0.2) is 0 Å². The Morgan fingerprint density at radius 1 is 1.29 bits per heavy atom. The molecule has 24 heavy (non-hydrogen) atoms. The first-order chi connectivity index (χ1) is 11.6. The van der Waals surface area contributed by atoms with Gasteiger partial charge in [-0.05, 0) is 10.4 Å². The summed E-state index contributed by atoms with van der Waals surface area (Å²) in [6.07, 6.45) is 1.16. The summed E-state index contributed by atoms with van der Waals surface area (Å²) in [5.74, 6) is -0.191. The Morgan fingerprint density at radius 2 is 2.12 bits per heavy atom. The van der Waals surface area contributed by atoms with Crippen molar-refractivity contribution in [3.63, 3.8) is 0 Å². The molecule has 3 atom stereocenters. The van der Waals surface area contributed by atoms with Crippen LogP contribution in [0.4, 0.5) is 0 Å². The van der Waals surface area contributed by atoms with Gasteiger partial charge in [-0.2, -0.15) is 0 Å². The molecule has 2 N–H and O–H groups in total. The highest BCUT2D eigenvalue weighted by Crippen LogP contribution is 2.23. The number of rotatable bonds is 2. The number of hydrogen-bond donors (Lipinski definition) is 2. The van der Waals surface area contributed by atoms with Gasteiger partial charge >= 0.3 is 0 Å². The zero-order chi connectivity index (χ0) is 16.7.